The molecule has 0 aliphatic rings. The summed E-state index contributed by atoms with van der Waals surface area (Å²) in [5, 5.41) is 7.51. The van der Waals surface area contributed by atoms with E-state index in [0.717, 1.165) is 0 Å². The van der Waals surface area contributed by atoms with Crippen LogP contribution < -0.4 is 5.32 Å². The molecule has 0 unspecified atom stereocenters. The molecule has 0 aliphatic heterocycles. The molecule has 1 aromatic carbocycles. The lowest BCUT2D eigenvalue weighted by atomic mass is 10.2. The van der Waals surface area contributed by atoms with Crippen LogP contribution in [0.2, 0.25) is 5.02 Å². The van der Waals surface area contributed by atoms with Crippen LogP contribution in [-0.4, -0.2) is 25.5 Å². The Labute approximate surface area is 125 Å². The van der Waals surface area contributed by atoms with E-state index < -0.39 is 0 Å². The van der Waals surface area contributed by atoms with Crippen molar-refractivity contribution in [3.8, 4) is 0 Å². The van der Waals surface area contributed by atoms with Gasteiger partial charge in [-0.05, 0) is 32.0 Å². The standard InChI is InChI=1S/C14H12ClN5O/c1-8-12(7-20-14(16-8)17-9(2)19-20)13(21)18-11-5-3-4-10(15)6-11/h3-7H,1-2H3,(H,18,21). The molecule has 6 nitrogen and oxygen atoms in total. The van der Waals surface area contributed by atoms with Crippen molar-refractivity contribution in [3.05, 3.63) is 52.6 Å². The normalized spacial score (nSPS) is 10.8. The molecule has 3 rings (SSSR count). The second-order valence-electron chi connectivity index (χ2n) is 4.61. The van der Waals surface area contributed by atoms with Crippen LogP contribution >= 0.6 is 11.6 Å². The van der Waals surface area contributed by atoms with Gasteiger partial charge in [0.2, 0.25) is 0 Å². The van der Waals surface area contributed by atoms with E-state index in [2.05, 4.69) is 20.4 Å². The second kappa shape index (κ2) is 5.14. The van der Waals surface area contributed by atoms with Gasteiger partial charge in [0.15, 0.2) is 0 Å². The molecule has 0 saturated heterocycles. The molecule has 0 atom stereocenters. The summed E-state index contributed by atoms with van der Waals surface area (Å²) in [4.78, 5) is 20.8. The minimum Gasteiger partial charge on any atom is -0.322 e. The van der Waals surface area contributed by atoms with Crippen LogP contribution in [0.5, 0.6) is 0 Å². The van der Waals surface area contributed by atoms with Gasteiger partial charge in [0.05, 0.1) is 11.3 Å². The molecule has 0 bridgehead atoms. The summed E-state index contributed by atoms with van der Waals surface area (Å²) < 4.78 is 1.50. The minimum atomic E-state index is -0.266. The minimum absolute atomic E-state index is 0.266. The number of hydrogen-bond donors (Lipinski definition) is 1. The molecular weight excluding hydrogens is 290 g/mol. The van der Waals surface area contributed by atoms with Crippen LogP contribution in [0.3, 0.4) is 0 Å². The third-order valence-corrected chi connectivity index (χ3v) is 3.19. The lowest BCUT2D eigenvalue weighted by Gasteiger charge is -2.07. The number of rotatable bonds is 2. The largest absolute Gasteiger partial charge is 0.322 e. The number of fused-ring (bicyclic) bond motifs is 1. The Morgan fingerprint density at radius 3 is 2.86 bits per heavy atom. The van der Waals surface area contributed by atoms with Crippen LogP contribution in [0.1, 0.15) is 21.9 Å². The van der Waals surface area contributed by atoms with E-state index >= 15 is 0 Å². The zero-order valence-electron chi connectivity index (χ0n) is 11.5. The number of aryl methyl sites for hydroxylation is 2. The Morgan fingerprint density at radius 2 is 2.10 bits per heavy atom. The smallest absolute Gasteiger partial charge is 0.259 e. The predicted molar refractivity (Wildman–Crippen MR) is 79.7 cm³/mol. The summed E-state index contributed by atoms with van der Waals surface area (Å²) >= 11 is 5.90. The van der Waals surface area contributed by atoms with Crippen molar-refractivity contribution in [1.29, 1.82) is 0 Å². The van der Waals surface area contributed by atoms with Gasteiger partial charge in [0.25, 0.3) is 11.7 Å². The highest BCUT2D eigenvalue weighted by molar-refractivity contribution is 6.30. The number of nitrogens with one attached hydrogen (secondary N) is 1. The first kappa shape index (κ1) is 13.5. The number of aromatic nitrogens is 4. The van der Waals surface area contributed by atoms with E-state index in [1.807, 2.05) is 0 Å². The molecule has 0 radical (unpaired) electrons. The highest BCUT2D eigenvalue weighted by Crippen LogP contribution is 2.16. The van der Waals surface area contributed by atoms with Crippen molar-refractivity contribution < 1.29 is 4.79 Å². The summed E-state index contributed by atoms with van der Waals surface area (Å²) in [5.74, 6) is 0.816. The number of anilines is 1. The molecule has 2 aromatic heterocycles. The summed E-state index contributed by atoms with van der Waals surface area (Å²) in [6.07, 6.45) is 1.62. The van der Waals surface area contributed by atoms with Gasteiger partial charge >= 0.3 is 0 Å². The molecule has 0 aliphatic carbocycles. The number of hydrogen-bond acceptors (Lipinski definition) is 4. The first-order valence-electron chi connectivity index (χ1n) is 6.30. The second-order valence-corrected chi connectivity index (χ2v) is 5.04. The maximum Gasteiger partial charge on any atom is 0.259 e. The average molecular weight is 302 g/mol. The van der Waals surface area contributed by atoms with Crippen molar-refractivity contribution in [2.45, 2.75) is 13.8 Å². The molecule has 1 N–H and O–H groups in total. The average Bonchev–Trinajstić information content (AvgIpc) is 2.76. The van der Waals surface area contributed by atoms with Gasteiger partial charge in [-0.25, -0.2) is 9.50 Å². The summed E-state index contributed by atoms with van der Waals surface area (Å²) in [6.45, 7) is 3.53. The molecule has 7 heteroatoms. The molecule has 3 aromatic rings. The van der Waals surface area contributed by atoms with Crippen molar-refractivity contribution >= 4 is 29.0 Å². The van der Waals surface area contributed by atoms with Crippen molar-refractivity contribution in [1.82, 2.24) is 19.6 Å². The third kappa shape index (κ3) is 2.71. The van der Waals surface area contributed by atoms with Crippen molar-refractivity contribution in [3.63, 3.8) is 0 Å². The fourth-order valence-corrected chi connectivity index (χ4v) is 2.19. The van der Waals surface area contributed by atoms with Crippen LogP contribution in [-0.2, 0) is 0 Å². The Hall–Kier alpha value is -2.47. The Bertz CT molecular complexity index is 842. The van der Waals surface area contributed by atoms with Crippen LogP contribution in [0, 0.1) is 13.8 Å². The van der Waals surface area contributed by atoms with Gasteiger partial charge in [-0.3, -0.25) is 4.79 Å². The number of amides is 1. The first-order valence-corrected chi connectivity index (χ1v) is 6.68. The van der Waals surface area contributed by atoms with Crippen LogP contribution in [0.25, 0.3) is 5.78 Å². The highest BCUT2D eigenvalue weighted by Gasteiger charge is 2.14. The third-order valence-electron chi connectivity index (χ3n) is 2.96. The van der Waals surface area contributed by atoms with E-state index in [9.17, 15) is 4.79 Å². The van der Waals surface area contributed by atoms with Crippen LogP contribution in [0.4, 0.5) is 5.69 Å². The topological polar surface area (TPSA) is 72.2 Å². The van der Waals surface area contributed by atoms with E-state index in [1.165, 1.54) is 4.52 Å². The van der Waals surface area contributed by atoms with Gasteiger partial charge in [-0.1, -0.05) is 17.7 Å². The molecule has 0 spiro atoms. The highest BCUT2D eigenvalue weighted by atomic mass is 35.5. The lowest BCUT2D eigenvalue weighted by molar-refractivity contribution is 0.102. The van der Waals surface area contributed by atoms with E-state index in [-0.39, 0.29) is 5.91 Å². The molecule has 0 fully saturated rings. The van der Waals surface area contributed by atoms with Gasteiger partial charge in [-0.15, -0.1) is 0 Å². The maximum atomic E-state index is 12.3. The molecule has 1 amide bonds. The summed E-state index contributed by atoms with van der Waals surface area (Å²) in [6, 6.07) is 6.96. The number of carbonyl (C=O) groups excluding carboxylic acids is 1. The first-order chi connectivity index (χ1) is 10.0. The number of halogens is 1. The monoisotopic (exact) mass is 301 g/mol. The molecule has 21 heavy (non-hydrogen) atoms. The molecule has 106 valence electrons. The Balaban J connectivity index is 1.95. The number of nitrogens with zero attached hydrogens (tertiary/aromatic N) is 4. The maximum absolute atomic E-state index is 12.3. The van der Waals surface area contributed by atoms with Gasteiger partial charge in [0, 0.05) is 16.9 Å². The van der Waals surface area contributed by atoms with Crippen molar-refractivity contribution in [2.24, 2.45) is 0 Å². The van der Waals surface area contributed by atoms with Gasteiger partial charge in [0.1, 0.15) is 5.82 Å². The Morgan fingerprint density at radius 1 is 1.29 bits per heavy atom. The quantitative estimate of drug-likeness (QED) is 0.790. The zero-order valence-corrected chi connectivity index (χ0v) is 12.2. The summed E-state index contributed by atoms with van der Waals surface area (Å²) in [7, 11) is 0. The molecule has 0 saturated carbocycles. The summed E-state index contributed by atoms with van der Waals surface area (Å²) in [5.41, 5.74) is 1.66. The number of benzene rings is 1. The predicted octanol–water partition coefficient (Wildman–Crippen LogP) is 2.65. The van der Waals surface area contributed by atoms with Crippen LogP contribution in [0.15, 0.2) is 30.5 Å². The lowest BCUT2D eigenvalue weighted by Crippen LogP contribution is -2.15. The SMILES string of the molecule is Cc1nc2nc(C)c(C(=O)Nc3cccc(Cl)c3)cn2n1. The zero-order chi connectivity index (χ0) is 15.0. The number of carbonyl (C=O) groups is 1. The molecule has 2 heterocycles. The van der Waals surface area contributed by atoms with Gasteiger partial charge < -0.3 is 5.32 Å². The van der Waals surface area contributed by atoms with E-state index in [0.29, 0.717) is 33.6 Å². The Kier molecular flexibility index (Phi) is 3.31. The van der Waals surface area contributed by atoms with E-state index in [1.54, 1.807) is 44.3 Å². The van der Waals surface area contributed by atoms with Crippen molar-refractivity contribution in [2.75, 3.05) is 5.32 Å². The fraction of sp³-hybridized carbons (Fsp3) is 0.143. The van der Waals surface area contributed by atoms with E-state index in [4.69, 9.17) is 11.6 Å². The van der Waals surface area contributed by atoms with Gasteiger partial charge in [-0.2, -0.15) is 10.1 Å². The fourth-order valence-electron chi connectivity index (χ4n) is 2.00. The molecular formula is C14H12ClN5O.